The molecule has 17 heavy (non-hydrogen) atoms. The quantitative estimate of drug-likeness (QED) is 0.551. The lowest BCUT2D eigenvalue weighted by atomic mass is 10.00. The molecule has 0 amide bonds. The number of fused-ring (bicyclic) bond motifs is 3. The first-order valence-electron chi connectivity index (χ1n) is 6.03. The average Bonchev–Trinajstić information content (AvgIpc) is 2.38. The Labute approximate surface area is 101 Å². The van der Waals surface area contributed by atoms with Gasteiger partial charge in [0, 0.05) is 11.6 Å². The summed E-state index contributed by atoms with van der Waals surface area (Å²) in [6.45, 7) is 4.40. The molecule has 1 aromatic heterocycles. The average molecular weight is 221 g/mol. The van der Waals surface area contributed by atoms with Gasteiger partial charge in [0.1, 0.15) is 0 Å². The van der Waals surface area contributed by atoms with Crippen molar-refractivity contribution in [1.29, 1.82) is 0 Å². The van der Waals surface area contributed by atoms with E-state index in [0.29, 0.717) is 5.92 Å². The molecule has 1 heterocycles. The Kier molecular flexibility index (Phi) is 2.32. The second-order valence-corrected chi connectivity index (χ2v) is 4.78. The van der Waals surface area contributed by atoms with Gasteiger partial charge in [-0.2, -0.15) is 0 Å². The van der Waals surface area contributed by atoms with Crippen LogP contribution in [-0.2, 0) is 0 Å². The monoisotopic (exact) mass is 221 g/mol. The van der Waals surface area contributed by atoms with Crippen LogP contribution in [0.3, 0.4) is 0 Å². The highest BCUT2D eigenvalue weighted by Crippen LogP contribution is 2.26. The molecule has 0 bridgehead atoms. The van der Waals surface area contributed by atoms with Gasteiger partial charge in [-0.15, -0.1) is 0 Å². The van der Waals surface area contributed by atoms with Crippen LogP contribution in [0.15, 0.2) is 48.7 Å². The molecule has 0 fully saturated rings. The topological polar surface area (TPSA) is 12.9 Å². The van der Waals surface area contributed by atoms with Crippen molar-refractivity contribution in [2.45, 2.75) is 19.8 Å². The molecule has 3 rings (SSSR count). The highest BCUT2D eigenvalue weighted by Gasteiger charge is 2.04. The van der Waals surface area contributed by atoms with Gasteiger partial charge >= 0.3 is 0 Å². The standard InChI is InChI=1S/C16H15N/c1-11(2)13-9-15-14-6-4-3-5-12(14)7-8-16(15)17-10-13/h3-11H,1-2H3. The van der Waals surface area contributed by atoms with Crippen molar-refractivity contribution in [1.82, 2.24) is 4.98 Å². The van der Waals surface area contributed by atoms with Crippen molar-refractivity contribution in [2.24, 2.45) is 0 Å². The van der Waals surface area contributed by atoms with Crippen LogP contribution in [0.2, 0.25) is 0 Å². The minimum atomic E-state index is 0.519. The fraction of sp³-hybridized carbons (Fsp3) is 0.188. The molecule has 2 aromatic carbocycles. The van der Waals surface area contributed by atoms with Gasteiger partial charge in [0.15, 0.2) is 0 Å². The highest BCUT2D eigenvalue weighted by atomic mass is 14.6. The second-order valence-electron chi connectivity index (χ2n) is 4.78. The number of nitrogens with zero attached hydrogens (tertiary/aromatic N) is 1. The first-order valence-corrected chi connectivity index (χ1v) is 6.03. The normalized spacial score (nSPS) is 11.5. The summed E-state index contributed by atoms with van der Waals surface area (Å²) in [5.41, 5.74) is 2.38. The molecule has 0 aliphatic heterocycles. The maximum absolute atomic E-state index is 4.55. The van der Waals surface area contributed by atoms with Gasteiger partial charge in [-0.3, -0.25) is 4.98 Å². The van der Waals surface area contributed by atoms with Crippen molar-refractivity contribution >= 4 is 21.7 Å². The lowest BCUT2D eigenvalue weighted by Crippen LogP contribution is -1.90. The number of pyridine rings is 1. The van der Waals surface area contributed by atoms with Gasteiger partial charge in [0.2, 0.25) is 0 Å². The van der Waals surface area contributed by atoms with E-state index in [1.54, 1.807) is 0 Å². The molecule has 1 nitrogen and oxygen atoms in total. The lowest BCUT2D eigenvalue weighted by Gasteiger charge is -2.08. The summed E-state index contributed by atoms with van der Waals surface area (Å²) in [6, 6.07) is 15.0. The predicted molar refractivity (Wildman–Crippen MR) is 73.3 cm³/mol. The maximum atomic E-state index is 4.55. The molecule has 0 radical (unpaired) electrons. The number of hydrogen-bond acceptors (Lipinski definition) is 1. The van der Waals surface area contributed by atoms with Crippen LogP contribution in [-0.4, -0.2) is 4.98 Å². The van der Waals surface area contributed by atoms with Crippen LogP contribution in [0.1, 0.15) is 25.3 Å². The Morgan fingerprint density at radius 3 is 2.59 bits per heavy atom. The van der Waals surface area contributed by atoms with Crippen molar-refractivity contribution in [3.63, 3.8) is 0 Å². The Morgan fingerprint density at radius 1 is 0.941 bits per heavy atom. The SMILES string of the molecule is CC(C)c1cnc2ccc3ccccc3c2c1. The summed E-state index contributed by atoms with van der Waals surface area (Å²) >= 11 is 0. The fourth-order valence-corrected chi connectivity index (χ4v) is 2.21. The zero-order valence-corrected chi connectivity index (χ0v) is 10.1. The molecule has 0 atom stereocenters. The van der Waals surface area contributed by atoms with Gasteiger partial charge in [0.25, 0.3) is 0 Å². The van der Waals surface area contributed by atoms with Gasteiger partial charge in [-0.05, 0) is 34.4 Å². The molecule has 0 aliphatic carbocycles. The van der Waals surface area contributed by atoms with Crippen LogP contribution in [0.5, 0.6) is 0 Å². The van der Waals surface area contributed by atoms with Gasteiger partial charge in [-0.25, -0.2) is 0 Å². The number of aromatic nitrogens is 1. The molecular formula is C16H15N. The van der Waals surface area contributed by atoms with Crippen molar-refractivity contribution in [2.75, 3.05) is 0 Å². The van der Waals surface area contributed by atoms with Gasteiger partial charge < -0.3 is 0 Å². The van der Waals surface area contributed by atoms with E-state index in [1.165, 1.54) is 21.7 Å². The van der Waals surface area contributed by atoms with E-state index in [4.69, 9.17) is 0 Å². The van der Waals surface area contributed by atoms with E-state index < -0.39 is 0 Å². The zero-order valence-electron chi connectivity index (χ0n) is 10.1. The summed E-state index contributed by atoms with van der Waals surface area (Å²) < 4.78 is 0. The molecule has 1 heteroatoms. The Balaban J connectivity index is 2.42. The molecule has 0 saturated carbocycles. The first kappa shape index (κ1) is 10.3. The highest BCUT2D eigenvalue weighted by molar-refractivity contribution is 6.06. The van der Waals surface area contributed by atoms with E-state index in [9.17, 15) is 0 Å². The number of rotatable bonds is 1. The van der Waals surface area contributed by atoms with Crippen LogP contribution in [0, 0.1) is 0 Å². The van der Waals surface area contributed by atoms with E-state index >= 15 is 0 Å². The number of benzene rings is 2. The molecule has 0 saturated heterocycles. The third-order valence-electron chi connectivity index (χ3n) is 3.28. The van der Waals surface area contributed by atoms with Gasteiger partial charge in [-0.1, -0.05) is 44.2 Å². The van der Waals surface area contributed by atoms with Crippen LogP contribution >= 0.6 is 0 Å². The molecule has 3 aromatic rings. The fourth-order valence-electron chi connectivity index (χ4n) is 2.21. The van der Waals surface area contributed by atoms with Gasteiger partial charge in [0.05, 0.1) is 5.52 Å². The van der Waals surface area contributed by atoms with E-state index in [0.717, 1.165) is 5.52 Å². The lowest BCUT2D eigenvalue weighted by molar-refractivity contribution is 0.862. The van der Waals surface area contributed by atoms with E-state index in [2.05, 4.69) is 61.3 Å². The summed E-state index contributed by atoms with van der Waals surface area (Å²) in [4.78, 5) is 4.55. The Morgan fingerprint density at radius 2 is 1.76 bits per heavy atom. The molecule has 0 unspecified atom stereocenters. The predicted octanol–water partition coefficient (Wildman–Crippen LogP) is 4.51. The second kappa shape index (κ2) is 3.85. The molecular weight excluding hydrogens is 206 g/mol. The maximum Gasteiger partial charge on any atom is 0.0708 e. The third-order valence-corrected chi connectivity index (χ3v) is 3.28. The Bertz CT molecular complexity index is 683. The minimum absolute atomic E-state index is 0.519. The molecule has 0 N–H and O–H groups in total. The van der Waals surface area contributed by atoms with Crippen molar-refractivity contribution in [3.05, 3.63) is 54.2 Å². The summed E-state index contributed by atoms with van der Waals surface area (Å²) in [6.07, 6.45) is 1.99. The molecule has 0 aliphatic rings. The smallest absolute Gasteiger partial charge is 0.0708 e. The largest absolute Gasteiger partial charge is 0.256 e. The molecule has 0 spiro atoms. The van der Waals surface area contributed by atoms with Crippen molar-refractivity contribution in [3.8, 4) is 0 Å². The van der Waals surface area contributed by atoms with Crippen LogP contribution in [0.4, 0.5) is 0 Å². The first-order chi connectivity index (χ1) is 8.25. The Hall–Kier alpha value is -1.89. The minimum Gasteiger partial charge on any atom is -0.256 e. The van der Waals surface area contributed by atoms with E-state index in [-0.39, 0.29) is 0 Å². The molecule has 84 valence electrons. The summed E-state index contributed by atoms with van der Waals surface area (Å²) in [5.74, 6) is 0.519. The van der Waals surface area contributed by atoms with Crippen molar-refractivity contribution < 1.29 is 0 Å². The van der Waals surface area contributed by atoms with E-state index in [1.807, 2.05) is 6.20 Å². The van der Waals surface area contributed by atoms with Crippen LogP contribution in [0.25, 0.3) is 21.7 Å². The zero-order chi connectivity index (χ0) is 11.8. The number of hydrogen-bond donors (Lipinski definition) is 0. The van der Waals surface area contributed by atoms with Crippen LogP contribution < -0.4 is 0 Å². The third kappa shape index (κ3) is 1.68. The summed E-state index contributed by atoms with van der Waals surface area (Å²) in [5, 5.41) is 3.83. The summed E-state index contributed by atoms with van der Waals surface area (Å²) in [7, 11) is 0.